The van der Waals surface area contributed by atoms with Gasteiger partial charge < -0.3 is 10.1 Å². The highest BCUT2D eigenvalue weighted by Crippen LogP contribution is 2.16. The van der Waals surface area contributed by atoms with Crippen molar-refractivity contribution in [1.29, 1.82) is 0 Å². The Morgan fingerprint density at radius 3 is 2.30 bits per heavy atom. The first-order valence-electron chi connectivity index (χ1n) is 7.10. The molecule has 1 heterocycles. The molecule has 0 aromatic heterocycles. The predicted molar refractivity (Wildman–Crippen MR) is 77.5 cm³/mol. The number of carbonyl (C=O) groups is 4. The first-order chi connectivity index (χ1) is 11.0. The molecule has 1 aromatic rings. The minimum absolute atomic E-state index is 0.00865. The van der Waals surface area contributed by atoms with Crippen LogP contribution in [0.3, 0.4) is 0 Å². The summed E-state index contributed by atoms with van der Waals surface area (Å²) in [7, 11) is 0. The van der Waals surface area contributed by atoms with Crippen LogP contribution in [0.4, 0.5) is 4.79 Å². The minimum Gasteiger partial charge on any atom is -0.393 e. The summed E-state index contributed by atoms with van der Waals surface area (Å²) in [6, 6.07) is 5.87. The van der Waals surface area contributed by atoms with Gasteiger partial charge in [-0.15, -0.1) is 0 Å². The lowest BCUT2D eigenvalue weighted by molar-refractivity contribution is -0.174. The summed E-state index contributed by atoms with van der Waals surface area (Å²) in [5.74, 6) is -1.13. The van der Waals surface area contributed by atoms with Crippen molar-refractivity contribution >= 4 is 23.8 Å². The van der Waals surface area contributed by atoms with Gasteiger partial charge in [0, 0.05) is 18.4 Å². The predicted octanol–water partition coefficient (Wildman–Crippen LogP) is 1.06. The Morgan fingerprint density at radius 2 is 1.74 bits per heavy atom. The molecule has 0 radical (unpaired) electrons. The average molecular weight is 320 g/mol. The quantitative estimate of drug-likeness (QED) is 0.362. The highest BCUT2D eigenvalue weighted by molar-refractivity contribution is 6.01. The normalized spacial score (nSPS) is 14.0. The second kappa shape index (κ2) is 7.50. The Labute approximate surface area is 132 Å². The number of Topliss-reactive ketones (excluding diaryl/α,β-unsaturated/α-hetero) is 1. The third-order valence-corrected chi connectivity index (χ3v) is 3.08. The van der Waals surface area contributed by atoms with Gasteiger partial charge in [-0.1, -0.05) is 12.0 Å². The molecule has 1 aliphatic heterocycles. The van der Waals surface area contributed by atoms with Gasteiger partial charge in [-0.3, -0.25) is 19.2 Å². The summed E-state index contributed by atoms with van der Waals surface area (Å²) < 4.78 is 4.85. The second-order valence-electron chi connectivity index (χ2n) is 4.75. The molecular weight excluding hydrogens is 304 g/mol. The Bertz CT molecular complexity index is 609. The smallest absolute Gasteiger partial charge is 0.393 e. The molecule has 2 rings (SSSR count). The number of rotatable bonds is 6. The lowest BCUT2D eigenvalue weighted by atomic mass is 10.1. The van der Waals surface area contributed by atoms with Crippen LogP contribution in [-0.2, 0) is 14.4 Å². The molecule has 0 aliphatic carbocycles. The van der Waals surface area contributed by atoms with Gasteiger partial charge in [0.2, 0.25) is 0 Å². The number of ether oxygens (including phenoxy) is 1. The van der Waals surface area contributed by atoms with Gasteiger partial charge in [0.25, 0.3) is 11.8 Å². The average Bonchev–Trinajstić information content (AvgIpc) is 2.85. The van der Waals surface area contributed by atoms with Gasteiger partial charge in [-0.25, -0.2) is 4.79 Å². The van der Waals surface area contributed by atoms with Crippen LogP contribution in [0, 0.1) is 0 Å². The minimum atomic E-state index is -1.19. The van der Waals surface area contributed by atoms with Crippen LogP contribution in [0.2, 0.25) is 0 Å². The van der Waals surface area contributed by atoms with E-state index in [9.17, 15) is 19.2 Å². The zero-order chi connectivity index (χ0) is 16.8. The lowest BCUT2D eigenvalue weighted by Crippen LogP contribution is -2.33. The van der Waals surface area contributed by atoms with Crippen LogP contribution in [0.5, 0.6) is 5.75 Å². The number of nitrogens with zero attached hydrogens (tertiary/aromatic N) is 1. The van der Waals surface area contributed by atoms with Crippen molar-refractivity contribution in [1.82, 2.24) is 10.4 Å². The first-order valence-corrected chi connectivity index (χ1v) is 7.10. The fraction of sp³-hybridized carbons (Fsp3) is 0.333. The maximum atomic E-state index is 11.8. The summed E-state index contributed by atoms with van der Waals surface area (Å²) in [5, 5.41) is 3.32. The standard InChI is InChI=1S/C15H16N2O6/c1-2-16-9-12(18)10-3-5-11(6-4-10)22-15(21)23-17-13(19)7-8-14(17)20/h3-6,16H,2,7-9H2,1H3. The number of hydrogen-bond donors (Lipinski definition) is 1. The molecule has 2 amide bonds. The highest BCUT2D eigenvalue weighted by atomic mass is 16.8. The Balaban J connectivity index is 1.90. The number of imide groups is 1. The third-order valence-electron chi connectivity index (χ3n) is 3.08. The fourth-order valence-corrected chi connectivity index (χ4v) is 1.90. The number of likely N-dealkylation sites (N-methyl/N-ethyl adjacent to an activating group) is 1. The Morgan fingerprint density at radius 1 is 1.13 bits per heavy atom. The number of benzene rings is 1. The molecule has 1 fully saturated rings. The van der Waals surface area contributed by atoms with Gasteiger partial charge in [0.05, 0.1) is 6.54 Å². The molecule has 122 valence electrons. The van der Waals surface area contributed by atoms with Crippen LogP contribution in [-0.4, -0.2) is 41.9 Å². The lowest BCUT2D eigenvalue weighted by Gasteiger charge is -2.12. The van der Waals surface area contributed by atoms with Crippen molar-refractivity contribution in [3.8, 4) is 5.75 Å². The topological polar surface area (TPSA) is 102 Å². The van der Waals surface area contributed by atoms with E-state index in [-0.39, 0.29) is 30.9 Å². The first kappa shape index (κ1) is 16.6. The number of hydroxylamine groups is 2. The molecule has 0 bridgehead atoms. The van der Waals surface area contributed by atoms with Crippen molar-refractivity contribution in [2.75, 3.05) is 13.1 Å². The zero-order valence-corrected chi connectivity index (χ0v) is 12.5. The van der Waals surface area contributed by atoms with E-state index in [0.29, 0.717) is 17.2 Å². The second-order valence-corrected chi connectivity index (χ2v) is 4.75. The molecule has 1 aliphatic rings. The molecule has 0 atom stereocenters. The molecule has 23 heavy (non-hydrogen) atoms. The van der Waals surface area contributed by atoms with E-state index in [1.54, 1.807) is 0 Å². The molecule has 1 N–H and O–H groups in total. The van der Waals surface area contributed by atoms with E-state index >= 15 is 0 Å². The van der Waals surface area contributed by atoms with E-state index in [4.69, 9.17) is 4.74 Å². The summed E-state index contributed by atoms with van der Waals surface area (Å²) in [5.41, 5.74) is 0.469. The third kappa shape index (κ3) is 4.36. The van der Waals surface area contributed by atoms with Crippen molar-refractivity contribution < 1.29 is 28.8 Å². The molecule has 0 unspecified atom stereocenters. The van der Waals surface area contributed by atoms with Gasteiger partial charge in [-0.05, 0) is 30.8 Å². The van der Waals surface area contributed by atoms with Crippen molar-refractivity contribution in [2.24, 2.45) is 0 Å². The van der Waals surface area contributed by atoms with Crippen molar-refractivity contribution in [3.05, 3.63) is 29.8 Å². The van der Waals surface area contributed by atoms with Crippen LogP contribution in [0.1, 0.15) is 30.1 Å². The van der Waals surface area contributed by atoms with Gasteiger partial charge in [0.15, 0.2) is 5.78 Å². The summed E-state index contributed by atoms with van der Waals surface area (Å²) in [6.45, 7) is 2.80. The summed E-state index contributed by atoms with van der Waals surface area (Å²) in [4.78, 5) is 50.5. The van der Waals surface area contributed by atoms with E-state index < -0.39 is 18.0 Å². The molecule has 8 nitrogen and oxygen atoms in total. The van der Waals surface area contributed by atoms with Crippen LogP contribution in [0.25, 0.3) is 0 Å². The number of nitrogens with one attached hydrogen (secondary N) is 1. The van der Waals surface area contributed by atoms with Gasteiger partial charge in [0.1, 0.15) is 5.75 Å². The maximum Gasteiger partial charge on any atom is 0.539 e. The summed E-state index contributed by atoms with van der Waals surface area (Å²) in [6.07, 6.45) is -1.18. The molecule has 1 saturated heterocycles. The summed E-state index contributed by atoms with van der Waals surface area (Å²) >= 11 is 0. The van der Waals surface area contributed by atoms with Crippen LogP contribution in [0.15, 0.2) is 24.3 Å². The Kier molecular flexibility index (Phi) is 5.42. The van der Waals surface area contributed by atoms with Crippen LogP contribution >= 0.6 is 0 Å². The molecule has 0 saturated carbocycles. The van der Waals surface area contributed by atoms with E-state index in [2.05, 4.69) is 10.2 Å². The number of hydrogen-bond acceptors (Lipinski definition) is 7. The van der Waals surface area contributed by atoms with Crippen molar-refractivity contribution in [3.63, 3.8) is 0 Å². The maximum absolute atomic E-state index is 11.8. The van der Waals surface area contributed by atoms with Crippen LogP contribution < -0.4 is 10.1 Å². The number of carbonyl (C=O) groups excluding carboxylic acids is 4. The molecule has 1 aromatic carbocycles. The van der Waals surface area contributed by atoms with E-state index in [1.165, 1.54) is 24.3 Å². The van der Waals surface area contributed by atoms with E-state index in [0.717, 1.165) is 0 Å². The molecule has 0 spiro atoms. The number of amides is 2. The fourth-order valence-electron chi connectivity index (χ4n) is 1.90. The van der Waals surface area contributed by atoms with E-state index in [1.807, 2.05) is 6.92 Å². The zero-order valence-electron chi connectivity index (χ0n) is 12.5. The monoisotopic (exact) mass is 320 g/mol. The Hall–Kier alpha value is -2.74. The van der Waals surface area contributed by atoms with Gasteiger partial charge >= 0.3 is 6.16 Å². The largest absolute Gasteiger partial charge is 0.539 e. The highest BCUT2D eigenvalue weighted by Gasteiger charge is 2.33. The van der Waals surface area contributed by atoms with Crippen molar-refractivity contribution in [2.45, 2.75) is 19.8 Å². The molecule has 8 heteroatoms. The molecular formula is C15H16N2O6. The number of ketones is 1. The van der Waals surface area contributed by atoms with Gasteiger partial charge in [-0.2, -0.15) is 0 Å². The SMILES string of the molecule is CCNCC(=O)c1ccc(OC(=O)ON2C(=O)CCC2=O)cc1.